The second-order valence-electron chi connectivity index (χ2n) is 6.19. The largest absolute Gasteiger partial charge is 0.398 e. The van der Waals surface area contributed by atoms with Crippen LogP contribution in [0.5, 0.6) is 0 Å². The molecule has 0 radical (unpaired) electrons. The summed E-state index contributed by atoms with van der Waals surface area (Å²) in [5, 5.41) is 1.08. The summed E-state index contributed by atoms with van der Waals surface area (Å²) in [4.78, 5) is 7.13. The summed E-state index contributed by atoms with van der Waals surface area (Å²) in [5.41, 5.74) is 9.25. The zero-order valence-corrected chi connectivity index (χ0v) is 12.9. The van der Waals surface area contributed by atoms with Gasteiger partial charge in [0.25, 0.3) is 0 Å². The molecule has 2 heterocycles. The fourth-order valence-electron chi connectivity index (χ4n) is 3.41. The Kier molecular flexibility index (Phi) is 4.39. The molecule has 1 aliphatic heterocycles. The molecule has 1 atom stereocenters. The lowest BCUT2D eigenvalue weighted by molar-refractivity contribution is 0.273. The van der Waals surface area contributed by atoms with Crippen LogP contribution in [0, 0.1) is 5.92 Å². The van der Waals surface area contributed by atoms with Gasteiger partial charge in [-0.2, -0.15) is 0 Å². The third-order valence-electron chi connectivity index (χ3n) is 4.80. The minimum atomic E-state index is 0.823. The predicted molar refractivity (Wildman–Crippen MR) is 89.1 cm³/mol. The molecule has 2 N–H and O–H groups in total. The smallest absolute Gasteiger partial charge is 0.0767 e. The summed E-state index contributed by atoms with van der Waals surface area (Å²) in [6.45, 7) is 5.72. The maximum absolute atomic E-state index is 6.07. The van der Waals surface area contributed by atoms with E-state index < -0.39 is 0 Å². The summed E-state index contributed by atoms with van der Waals surface area (Å²) < 4.78 is 0. The van der Waals surface area contributed by atoms with Gasteiger partial charge in [-0.05, 0) is 62.0 Å². The molecule has 0 amide bonds. The Labute approximate surface area is 127 Å². The van der Waals surface area contributed by atoms with E-state index in [4.69, 9.17) is 5.73 Å². The second-order valence-corrected chi connectivity index (χ2v) is 6.19. The Morgan fingerprint density at radius 2 is 2.14 bits per heavy atom. The van der Waals surface area contributed by atoms with Gasteiger partial charge in [0.2, 0.25) is 0 Å². The first-order valence-corrected chi connectivity index (χ1v) is 8.12. The number of likely N-dealkylation sites (tertiary alicyclic amines) is 1. The molecule has 3 nitrogen and oxygen atoms in total. The number of aromatic nitrogens is 1. The van der Waals surface area contributed by atoms with Gasteiger partial charge in [0.05, 0.1) is 5.52 Å². The van der Waals surface area contributed by atoms with Gasteiger partial charge in [-0.25, -0.2) is 0 Å². The highest BCUT2D eigenvalue weighted by molar-refractivity contribution is 5.92. The predicted octanol–water partition coefficient (Wildman–Crippen LogP) is 3.83. The molecule has 3 heteroatoms. The molecule has 2 aromatic rings. The SMILES string of the molecule is CCC1CCCN(Cc2ccc(N)c3cccnc23)CC1. The average molecular weight is 283 g/mol. The molecule has 1 aromatic heterocycles. The highest BCUT2D eigenvalue weighted by Crippen LogP contribution is 2.26. The van der Waals surface area contributed by atoms with Crippen LogP contribution in [0.4, 0.5) is 5.69 Å². The summed E-state index contributed by atoms with van der Waals surface area (Å²) in [5.74, 6) is 0.913. The van der Waals surface area contributed by atoms with Gasteiger partial charge in [0.1, 0.15) is 0 Å². The van der Waals surface area contributed by atoms with Crippen LogP contribution < -0.4 is 5.73 Å². The van der Waals surface area contributed by atoms with Gasteiger partial charge in [0, 0.05) is 23.8 Å². The van der Waals surface area contributed by atoms with Crippen LogP contribution in [0.3, 0.4) is 0 Å². The van der Waals surface area contributed by atoms with Crippen molar-refractivity contribution in [1.29, 1.82) is 0 Å². The van der Waals surface area contributed by atoms with Crippen molar-refractivity contribution in [2.75, 3.05) is 18.8 Å². The maximum atomic E-state index is 6.07. The standard InChI is InChI=1S/C18H25N3/c1-2-14-5-4-11-21(12-9-14)13-15-7-8-17(19)16-6-3-10-20-18(15)16/h3,6-8,10,14H,2,4-5,9,11-13,19H2,1H3. The number of rotatable bonds is 3. The van der Waals surface area contributed by atoms with E-state index in [1.54, 1.807) is 0 Å². The lowest BCUT2D eigenvalue weighted by atomic mass is 9.98. The Morgan fingerprint density at radius 1 is 1.24 bits per heavy atom. The van der Waals surface area contributed by atoms with E-state index >= 15 is 0 Å². The third-order valence-corrected chi connectivity index (χ3v) is 4.80. The van der Waals surface area contributed by atoms with Crippen molar-refractivity contribution in [3.8, 4) is 0 Å². The van der Waals surface area contributed by atoms with Gasteiger partial charge in [0.15, 0.2) is 0 Å². The van der Waals surface area contributed by atoms with E-state index in [1.807, 2.05) is 18.3 Å². The summed E-state index contributed by atoms with van der Waals surface area (Å²) in [7, 11) is 0. The van der Waals surface area contributed by atoms with Crippen LogP contribution >= 0.6 is 0 Å². The van der Waals surface area contributed by atoms with E-state index in [0.29, 0.717) is 0 Å². The van der Waals surface area contributed by atoms with Gasteiger partial charge < -0.3 is 5.73 Å². The van der Waals surface area contributed by atoms with Crippen molar-refractivity contribution in [3.05, 3.63) is 36.0 Å². The number of nitrogens with two attached hydrogens (primary N) is 1. The van der Waals surface area contributed by atoms with Crippen LogP contribution in [0.1, 0.15) is 38.2 Å². The molecule has 1 saturated heterocycles. The maximum Gasteiger partial charge on any atom is 0.0767 e. The zero-order chi connectivity index (χ0) is 14.7. The highest BCUT2D eigenvalue weighted by Gasteiger charge is 2.17. The van der Waals surface area contributed by atoms with E-state index in [1.165, 1.54) is 44.3 Å². The topological polar surface area (TPSA) is 42.1 Å². The van der Waals surface area contributed by atoms with E-state index in [0.717, 1.165) is 29.1 Å². The average Bonchev–Trinajstić information content (AvgIpc) is 2.75. The van der Waals surface area contributed by atoms with E-state index in [-0.39, 0.29) is 0 Å². The Morgan fingerprint density at radius 3 is 3.00 bits per heavy atom. The second kappa shape index (κ2) is 6.44. The normalized spacial score (nSPS) is 20.5. The number of fused-ring (bicyclic) bond motifs is 1. The third kappa shape index (κ3) is 3.18. The van der Waals surface area contributed by atoms with Gasteiger partial charge in [-0.15, -0.1) is 0 Å². The monoisotopic (exact) mass is 283 g/mol. The van der Waals surface area contributed by atoms with Crippen LogP contribution in [-0.4, -0.2) is 23.0 Å². The Hall–Kier alpha value is -1.61. The Balaban J connectivity index is 1.80. The van der Waals surface area contributed by atoms with Crippen LogP contribution in [0.15, 0.2) is 30.5 Å². The van der Waals surface area contributed by atoms with Gasteiger partial charge in [-0.1, -0.05) is 19.4 Å². The minimum Gasteiger partial charge on any atom is -0.398 e. The molecule has 0 saturated carbocycles. The fraction of sp³-hybridized carbons (Fsp3) is 0.500. The van der Waals surface area contributed by atoms with Crippen molar-refractivity contribution in [2.24, 2.45) is 5.92 Å². The first-order chi connectivity index (χ1) is 10.3. The number of hydrogen-bond donors (Lipinski definition) is 1. The molecule has 1 unspecified atom stereocenters. The van der Waals surface area contributed by atoms with Crippen molar-refractivity contribution in [3.63, 3.8) is 0 Å². The summed E-state index contributed by atoms with van der Waals surface area (Å²) >= 11 is 0. The summed E-state index contributed by atoms with van der Waals surface area (Å²) in [6.07, 6.45) is 7.21. The number of nitrogen functional groups attached to an aromatic ring is 1. The number of pyridine rings is 1. The Bertz CT molecular complexity index is 608. The van der Waals surface area contributed by atoms with Crippen molar-refractivity contribution in [2.45, 2.75) is 39.2 Å². The van der Waals surface area contributed by atoms with E-state index in [9.17, 15) is 0 Å². The van der Waals surface area contributed by atoms with Crippen molar-refractivity contribution < 1.29 is 0 Å². The van der Waals surface area contributed by atoms with Crippen LogP contribution in [0.2, 0.25) is 0 Å². The molecular formula is C18H25N3. The molecule has 21 heavy (non-hydrogen) atoms. The molecule has 1 aliphatic rings. The number of benzene rings is 1. The highest BCUT2D eigenvalue weighted by atomic mass is 15.1. The number of anilines is 1. The molecule has 1 fully saturated rings. The number of nitrogens with zero attached hydrogens (tertiary/aromatic N) is 2. The van der Waals surface area contributed by atoms with E-state index in [2.05, 4.69) is 28.9 Å². The molecule has 0 bridgehead atoms. The van der Waals surface area contributed by atoms with Crippen molar-refractivity contribution >= 4 is 16.6 Å². The molecule has 0 spiro atoms. The zero-order valence-electron chi connectivity index (χ0n) is 12.9. The minimum absolute atomic E-state index is 0.823. The first-order valence-electron chi connectivity index (χ1n) is 8.12. The lowest BCUT2D eigenvalue weighted by Gasteiger charge is -2.21. The fourth-order valence-corrected chi connectivity index (χ4v) is 3.41. The summed E-state index contributed by atoms with van der Waals surface area (Å²) in [6, 6.07) is 8.19. The molecular weight excluding hydrogens is 258 g/mol. The van der Waals surface area contributed by atoms with Gasteiger partial charge >= 0.3 is 0 Å². The van der Waals surface area contributed by atoms with Crippen LogP contribution in [0.25, 0.3) is 10.9 Å². The lowest BCUT2D eigenvalue weighted by Crippen LogP contribution is -2.24. The van der Waals surface area contributed by atoms with Crippen LogP contribution in [-0.2, 0) is 6.54 Å². The molecule has 112 valence electrons. The molecule has 0 aliphatic carbocycles. The number of hydrogen-bond acceptors (Lipinski definition) is 3. The molecule has 1 aromatic carbocycles. The van der Waals surface area contributed by atoms with Crippen molar-refractivity contribution in [1.82, 2.24) is 9.88 Å². The molecule has 3 rings (SSSR count). The van der Waals surface area contributed by atoms with Gasteiger partial charge in [-0.3, -0.25) is 9.88 Å². The first kappa shape index (κ1) is 14.3. The quantitative estimate of drug-likeness (QED) is 0.871.